The van der Waals surface area contributed by atoms with Gasteiger partial charge in [-0.1, -0.05) is 152 Å². The van der Waals surface area contributed by atoms with Crippen molar-refractivity contribution in [3.8, 4) is 0 Å². The highest BCUT2D eigenvalue weighted by molar-refractivity contribution is 6.08. The van der Waals surface area contributed by atoms with Crippen LogP contribution in [0.2, 0.25) is 0 Å². The summed E-state index contributed by atoms with van der Waals surface area (Å²) in [5.74, 6) is -4.88. The molecule has 0 radical (unpaired) electrons. The Labute approximate surface area is 337 Å². The average Bonchev–Trinajstić information content (AvgIpc) is 4.10. The number of hydrogen-bond acceptors (Lipinski definition) is 9. The number of nitrogens with zero attached hydrogens (tertiary/aromatic N) is 1. The van der Waals surface area contributed by atoms with Crippen LogP contribution in [0.5, 0.6) is 0 Å². The van der Waals surface area contributed by atoms with Crippen molar-refractivity contribution in [1.29, 1.82) is 0 Å². The summed E-state index contributed by atoms with van der Waals surface area (Å²) in [6, 6.07) is 45.4. The van der Waals surface area contributed by atoms with Crippen LogP contribution < -0.4 is 5.32 Å². The van der Waals surface area contributed by atoms with E-state index in [-0.39, 0.29) is 18.4 Å². The SMILES string of the molecule is COC1(NC(=O)C(C(=O)OC(c2ccccc2)c2ccccc2)c2ccccc2)C(=O)N(C(C(=O)OC(c2ccccc2)c2ccccc2)=C(C)C)C1OCC1CO1. The van der Waals surface area contributed by atoms with Gasteiger partial charge in [0.25, 0.3) is 11.6 Å². The molecule has 2 fully saturated rings. The first kappa shape index (κ1) is 39.8. The molecule has 2 aliphatic heterocycles. The highest BCUT2D eigenvalue weighted by Crippen LogP contribution is 2.40. The van der Waals surface area contributed by atoms with Gasteiger partial charge in [-0.3, -0.25) is 19.3 Å². The highest BCUT2D eigenvalue weighted by Gasteiger charge is 2.67. The van der Waals surface area contributed by atoms with Crippen molar-refractivity contribution in [3.63, 3.8) is 0 Å². The van der Waals surface area contributed by atoms with Crippen molar-refractivity contribution in [3.05, 3.63) is 191 Å². The van der Waals surface area contributed by atoms with Crippen LogP contribution in [-0.4, -0.2) is 67.0 Å². The van der Waals surface area contributed by atoms with Crippen LogP contribution in [0, 0.1) is 0 Å². The molecule has 0 bridgehead atoms. The highest BCUT2D eigenvalue weighted by atomic mass is 16.6. The molecule has 7 rings (SSSR count). The van der Waals surface area contributed by atoms with E-state index in [1.807, 2.05) is 121 Å². The predicted molar refractivity (Wildman–Crippen MR) is 213 cm³/mol. The number of hydrogen-bond donors (Lipinski definition) is 1. The quantitative estimate of drug-likeness (QED) is 0.0288. The van der Waals surface area contributed by atoms with Crippen LogP contribution in [0.1, 0.15) is 59.8 Å². The molecule has 4 unspecified atom stereocenters. The van der Waals surface area contributed by atoms with E-state index in [9.17, 15) is 19.2 Å². The van der Waals surface area contributed by atoms with Gasteiger partial charge in [0, 0.05) is 7.11 Å². The second-order valence-electron chi connectivity index (χ2n) is 14.2. The largest absolute Gasteiger partial charge is 0.452 e. The second-order valence-corrected chi connectivity index (χ2v) is 14.2. The van der Waals surface area contributed by atoms with Crippen molar-refractivity contribution in [2.45, 2.75) is 50.0 Å². The molecule has 296 valence electrons. The maximum atomic E-state index is 14.6. The zero-order valence-electron chi connectivity index (χ0n) is 32.4. The van der Waals surface area contributed by atoms with E-state index in [0.29, 0.717) is 28.9 Å². The fourth-order valence-electron chi connectivity index (χ4n) is 6.99. The lowest BCUT2D eigenvalue weighted by Crippen LogP contribution is -2.82. The topological polar surface area (TPSA) is 133 Å². The zero-order chi connectivity index (χ0) is 40.6. The Bertz CT molecular complexity index is 2150. The number of allylic oxidation sites excluding steroid dienone is 1. The van der Waals surface area contributed by atoms with Gasteiger partial charge in [0.05, 0.1) is 13.2 Å². The molecule has 0 saturated carbocycles. The summed E-state index contributed by atoms with van der Waals surface area (Å²) in [6.07, 6.45) is -3.27. The van der Waals surface area contributed by atoms with Crippen LogP contribution in [0.4, 0.5) is 0 Å². The molecule has 11 nitrogen and oxygen atoms in total. The number of carbonyl (C=O) groups excluding carboxylic acids is 4. The number of esters is 2. The molecule has 4 atom stereocenters. The Morgan fingerprint density at radius 3 is 1.50 bits per heavy atom. The first-order valence-electron chi connectivity index (χ1n) is 19.0. The molecule has 0 spiro atoms. The van der Waals surface area contributed by atoms with Gasteiger partial charge in [-0.15, -0.1) is 0 Å². The van der Waals surface area contributed by atoms with E-state index in [1.54, 1.807) is 44.2 Å². The number of benzene rings is 5. The maximum absolute atomic E-state index is 14.6. The molecule has 58 heavy (non-hydrogen) atoms. The summed E-state index contributed by atoms with van der Waals surface area (Å²) in [7, 11) is 1.25. The smallest absolute Gasteiger partial charge is 0.356 e. The van der Waals surface area contributed by atoms with E-state index >= 15 is 0 Å². The van der Waals surface area contributed by atoms with Gasteiger partial charge < -0.3 is 29.0 Å². The van der Waals surface area contributed by atoms with E-state index in [4.69, 9.17) is 23.7 Å². The Kier molecular flexibility index (Phi) is 12.2. The standard InChI is InChI=1S/C47H44N2O9/c1-31(2)39(44(52)58-41(35-25-15-7-16-26-35)36-27-17-8-18-28-36)49-45(53)47(54-3,46(49)56-30-37-29-55-37)48-42(50)38(32-19-9-4-10-20-32)43(51)57-40(33-21-11-5-12-22-33)34-23-13-6-14-24-34/h4-28,37-38,40-41,46H,29-30H2,1-3H3,(H,48,50). The molecule has 5 aromatic carbocycles. The number of amides is 2. The fourth-order valence-corrected chi connectivity index (χ4v) is 6.99. The molecule has 1 N–H and O–H groups in total. The molecule has 2 heterocycles. The molecule has 5 aromatic rings. The molecule has 2 amide bonds. The number of methoxy groups -OCH3 is 1. The number of rotatable bonds is 16. The lowest BCUT2D eigenvalue weighted by atomic mass is 9.92. The number of nitrogens with one attached hydrogen (secondary N) is 1. The van der Waals surface area contributed by atoms with Gasteiger partial charge in [0.2, 0.25) is 5.91 Å². The third-order valence-corrected chi connectivity index (χ3v) is 10.00. The van der Waals surface area contributed by atoms with Crippen molar-refractivity contribution >= 4 is 23.8 Å². The minimum atomic E-state index is -2.16. The fraction of sp³-hybridized carbons (Fsp3) is 0.234. The van der Waals surface area contributed by atoms with Crippen LogP contribution >= 0.6 is 0 Å². The van der Waals surface area contributed by atoms with Gasteiger partial charge in [0.1, 0.15) is 11.8 Å². The summed E-state index contributed by atoms with van der Waals surface area (Å²) in [5, 5.41) is 2.72. The first-order chi connectivity index (χ1) is 28.2. The predicted octanol–water partition coefficient (Wildman–Crippen LogP) is 6.77. The van der Waals surface area contributed by atoms with E-state index in [0.717, 1.165) is 16.0 Å². The second kappa shape index (κ2) is 17.8. The molecular formula is C47H44N2O9. The Morgan fingerprint density at radius 1 is 0.690 bits per heavy atom. The lowest BCUT2D eigenvalue weighted by molar-refractivity contribution is -0.256. The Hall–Kier alpha value is -6.40. The number of carbonyl (C=O) groups is 4. The molecule has 2 aliphatic rings. The van der Waals surface area contributed by atoms with Gasteiger partial charge in [-0.05, 0) is 47.2 Å². The van der Waals surface area contributed by atoms with E-state index in [1.165, 1.54) is 7.11 Å². The number of ether oxygens (including phenoxy) is 5. The first-order valence-corrected chi connectivity index (χ1v) is 19.0. The minimum Gasteiger partial charge on any atom is -0.452 e. The minimum absolute atomic E-state index is 0.0250. The lowest BCUT2D eigenvalue weighted by Gasteiger charge is -2.54. The average molecular weight is 781 g/mol. The molecular weight excluding hydrogens is 737 g/mol. The van der Waals surface area contributed by atoms with Crippen LogP contribution in [0.3, 0.4) is 0 Å². The van der Waals surface area contributed by atoms with Crippen LogP contribution in [-0.2, 0) is 42.9 Å². The van der Waals surface area contributed by atoms with Gasteiger partial charge in [0.15, 0.2) is 24.4 Å². The summed E-state index contributed by atoms with van der Waals surface area (Å²) >= 11 is 0. The summed E-state index contributed by atoms with van der Waals surface area (Å²) in [6.45, 7) is 3.81. The van der Waals surface area contributed by atoms with Crippen molar-refractivity contribution in [2.24, 2.45) is 0 Å². The normalized spacial score (nSPS) is 18.8. The molecule has 2 saturated heterocycles. The van der Waals surface area contributed by atoms with Gasteiger partial charge in [-0.2, -0.15) is 0 Å². The Balaban J connectivity index is 1.20. The number of β-lactam (4-membered cyclic amide) rings is 1. The van der Waals surface area contributed by atoms with Gasteiger partial charge >= 0.3 is 11.9 Å². The molecule has 0 aliphatic carbocycles. The summed E-state index contributed by atoms with van der Waals surface area (Å²) in [4.78, 5) is 59.0. The van der Waals surface area contributed by atoms with Crippen molar-refractivity contribution < 1.29 is 42.9 Å². The van der Waals surface area contributed by atoms with Crippen molar-refractivity contribution in [1.82, 2.24) is 10.2 Å². The van der Waals surface area contributed by atoms with Crippen LogP contribution in [0.15, 0.2) is 163 Å². The molecule has 11 heteroatoms. The maximum Gasteiger partial charge on any atom is 0.356 e. The summed E-state index contributed by atoms with van der Waals surface area (Å²) < 4.78 is 29.9. The number of epoxide rings is 1. The Morgan fingerprint density at radius 2 is 1.10 bits per heavy atom. The third-order valence-electron chi connectivity index (χ3n) is 10.00. The number of likely N-dealkylation sites (tertiary alicyclic amines) is 1. The zero-order valence-corrected chi connectivity index (χ0v) is 32.4. The van der Waals surface area contributed by atoms with Crippen molar-refractivity contribution in [2.75, 3.05) is 20.3 Å². The van der Waals surface area contributed by atoms with E-state index in [2.05, 4.69) is 5.32 Å². The molecule has 0 aromatic heterocycles. The summed E-state index contributed by atoms with van der Waals surface area (Å²) in [5.41, 5.74) is 1.38. The third kappa shape index (κ3) is 8.47. The van der Waals surface area contributed by atoms with E-state index < -0.39 is 53.8 Å². The van der Waals surface area contributed by atoms with Gasteiger partial charge in [-0.25, -0.2) is 4.79 Å². The monoisotopic (exact) mass is 780 g/mol. The van der Waals surface area contributed by atoms with Crippen LogP contribution in [0.25, 0.3) is 0 Å².